The standard InChI is InChI=1S/C13H19NO4/c1-18-13(17)8(5-15)14-12(16)11-9-6-2-3-7(4-6)10(9)11/h6-11,15H,2-5H2,1H3,(H,14,16). The van der Waals surface area contributed by atoms with E-state index in [4.69, 9.17) is 5.11 Å². The molecule has 5 nitrogen and oxygen atoms in total. The topological polar surface area (TPSA) is 75.6 Å². The van der Waals surface area contributed by atoms with Crippen LogP contribution in [0.2, 0.25) is 0 Å². The predicted molar refractivity (Wildman–Crippen MR) is 62.3 cm³/mol. The van der Waals surface area contributed by atoms with E-state index in [-0.39, 0.29) is 11.8 Å². The zero-order valence-corrected chi connectivity index (χ0v) is 10.5. The highest BCUT2D eigenvalue weighted by Gasteiger charge is 2.67. The number of fused-ring (bicyclic) bond motifs is 5. The molecule has 0 aliphatic heterocycles. The normalized spacial score (nSPS) is 41.1. The number of methoxy groups -OCH3 is 1. The molecule has 18 heavy (non-hydrogen) atoms. The van der Waals surface area contributed by atoms with Crippen molar-refractivity contribution in [2.45, 2.75) is 25.3 Å². The Labute approximate surface area is 106 Å². The molecule has 1 amide bonds. The van der Waals surface area contributed by atoms with Crippen LogP contribution in [0.25, 0.3) is 0 Å². The fraction of sp³-hybridized carbons (Fsp3) is 0.846. The Morgan fingerprint density at radius 2 is 1.94 bits per heavy atom. The van der Waals surface area contributed by atoms with Gasteiger partial charge >= 0.3 is 5.97 Å². The van der Waals surface area contributed by atoms with Gasteiger partial charge in [-0.3, -0.25) is 4.79 Å². The van der Waals surface area contributed by atoms with Crippen LogP contribution in [0.1, 0.15) is 19.3 Å². The smallest absolute Gasteiger partial charge is 0.330 e. The van der Waals surface area contributed by atoms with E-state index in [1.165, 1.54) is 26.4 Å². The fourth-order valence-corrected chi connectivity index (χ4v) is 4.26. The lowest BCUT2D eigenvalue weighted by Gasteiger charge is -2.15. The summed E-state index contributed by atoms with van der Waals surface area (Å²) < 4.78 is 4.54. The van der Waals surface area contributed by atoms with Gasteiger partial charge in [-0.25, -0.2) is 4.79 Å². The lowest BCUT2D eigenvalue weighted by Crippen LogP contribution is -2.45. The molecule has 5 heteroatoms. The molecule has 100 valence electrons. The maximum absolute atomic E-state index is 12.1. The molecular formula is C13H19NO4. The Hall–Kier alpha value is -1.10. The molecule has 0 aromatic heterocycles. The highest BCUT2D eigenvalue weighted by atomic mass is 16.5. The number of carbonyl (C=O) groups is 2. The van der Waals surface area contributed by atoms with Crippen LogP contribution < -0.4 is 5.32 Å². The van der Waals surface area contributed by atoms with Gasteiger partial charge in [-0.05, 0) is 42.9 Å². The highest BCUT2D eigenvalue weighted by molar-refractivity contribution is 5.88. The molecular weight excluding hydrogens is 234 g/mol. The van der Waals surface area contributed by atoms with E-state index < -0.39 is 18.6 Å². The van der Waals surface area contributed by atoms with Crippen molar-refractivity contribution in [3.05, 3.63) is 0 Å². The minimum absolute atomic E-state index is 0.0777. The molecule has 0 heterocycles. The molecule has 0 spiro atoms. The first-order chi connectivity index (χ1) is 8.67. The molecule has 0 saturated heterocycles. The average molecular weight is 253 g/mol. The van der Waals surface area contributed by atoms with Crippen molar-refractivity contribution in [1.82, 2.24) is 5.32 Å². The molecule has 3 fully saturated rings. The van der Waals surface area contributed by atoms with Gasteiger partial charge in [0.05, 0.1) is 13.7 Å². The minimum Gasteiger partial charge on any atom is -0.467 e. The zero-order valence-electron chi connectivity index (χ0n) is 10.5. The summed E-state index contributed by atoms with van der Waals surface area (Å²) in [6.07, 6.45) is 3.81. The van der Waals surface area contributed by atoms with Crippen molar-refractivity contribution in [1.29, 1.82) is 0 Å². The van der Waals surface area contributed by atoms with Crippen LogP contribution in [0.4, 0.5) is 0 Å². The second-order valence-corrected chi connectivity index (χ2v) is 5.78. The molecule has 3 aliphatic carbocycles. The van der Waals surface area contributed by atoms with Gasteiger partial charge in [-0.1, -0.05) is 0 Å². The number of rotatable bonds is 4. The molecule has 5 unspecified atom stereocenters. The zero-order chi connectivity index (χ0) is 12.9. The summed E-state index contributed by atoms with van der Waals surface area (Å²) in [4.78, 5) is 23.4. The maximum Gasteiger partial charge on any atom is 0.330 e. The van der Waals surface area contributed by atoms with Crippen LogP contribution in [-0.4, -0.2) is 36.7 Å². The Bertz CT molecular complexity index is 367. The van der Waals surface area contributed by atoms with E-state index in [1.807, 2.05) is 0 Å². The summed E-state index contributed by atoms with van der Waals surface area (Å²) in [5.41, 5.74) is 0. The van der Waals surface area contributed by atoms with Crippen LogP contribution in [0.5, 0.6) is 0 Å². The SMILES string of the molecule is COC(=O)C(CO)NC(=O)C1C2C3CCC(C3)C12. The van der Waals surface area contributed by atoms with E-state index in [0.29, 0.717) is 11.8 Å². The lowest BCUT2D eigenvalue weighted by atomic mass is 10.0. The van der Waals surface area contributed by atoms with Gasteiger partial charge < -0.3 is 15.2 Å². The summed E-state index contributed by atoms with van der Waals surface area (Å²) in [5, 5.41) is 11.7. The predicted octanol–water partition coefficient (Wildman–Crippen LogP) is -0.0714. The number of aliphatic hydroxyl groups excluding tert-OH is 1. The monoisotopic (exact) mass is 253 g/mol. The first-order valence-corrected chi connectivity index (χ1v) is 6.66. The van der Waals surface area contributed by atoms with Crippen molar-refractivity contribution < 1.29 is 19.4 Å². The summed E-state index contributed by atoms with van der Waals surface area (Å²) >= 11 is 0. The van der Waals surface area contributed by atoms with Crippen LogP contribution in [0.3, 0.4) is 0 Å². The maximum atomic E-state index is 12.1. The molecule has 3 aliphatic rings. The third-order valence-corrected chi connectivity index (χ3v) is 5.02. The molecule has 3 rings (SSSR count). The molecule has 0 aromatic rings. The van der Waals surface area contributed by atoms with E-state index in [9.17, 15) is 9.59 Å². The Kier molecular flexibility index (Phi) is 2.81. The summed E-state index contributed by atoms with van der Waals surface area (Å²) in [6.45, 7) is -0.409. The van der Waals surface area contributed by atoms with Crippen LogP contribution in [-0.2, 0) is 14.3 Å². The summed E-state index contributed by atoms with van der Waals surface area (Å²) in [7, 11) is 1.25. The Morgan fingerprint density at radius 3 is 2.44 bits per heavy atom. The van der Waals surface area contributed by atoms with Crippen LogP contribution in [0, 0.1) is 29.6 Å². The Morgan fingerprint density at radius 1 is 1.33 bits per heavy atom. The van der Waals surface area contributed by atoms with Crippen LogP contribution in [0.15, 0.2) is 0 Å². The van der Waals surface area contributed by atoms with Gasteiger partial charge in [0, 0.05) is 5.92 Å². The van der Waals surface area contributed by atoms with Crippen molar-refractivity contribution in [3.8, 4) is 0 Å². The quantitative estimate of drug-likeness (QED) is 0.688. The number of ether oxygens (including phenoxy) is 1. The number of carbonyl (C=O) groups excluding carboxylic acids is 2. The summed E-state index contributed by atoms with van der Waals surface area (Å²) in [6, 6.07) is -0.915. The third kappa shape index (κ3) is 1.64. The van der Waals surface area contributed by atoms with Gasteiger partial charge in [0.15, 0.2) is 6.04 Å². The second-order valence-electron chi connectivity index (χ2n) is 5.78. The molecule has 2 N–H and O–H groups in total. The number of esters is 1. The van der Waals surface area contributed by atoms with E-state index >= 15 is 0 Å². The molecule has 3 saturated carbocycles. The second kappa shape index (κ2) is 4.23. The molecule has 0 aromatic carbocycles. The van der Waals surface area contributed by atoms with Crippen LogP contribution >= 0.6 is 0 Å². The van der Waals surface area contributed by atoms with E-state index in [1.54, 1.807) is 0 Å². The minimum atomic E-state index is -0.915. The van der Waals surface area contributed by atoms with E-state index in [0.717, 1.165) is 11.8 Å². The van der Waals surface area contributed by atoms with Crippen molar-refractivity contribution in [3.63, 3.8) is 0 Å². The van der Waals surface area contributed by atoms with Gasteiger partial charge in [-0.15, -0.1) is 0 Å². The number of aliphatic hydroxyl groups is 1. The third-order valence-electron chi connectivity index (χ3n) is 5.02. The van der Waals surface area contributed by atoms with Crippen molar-refractivity contribution in [2.75, 3.05) is 13.7 Å². The molecule has 5 atom stereocenters. The number of nitrogens with one attached hydrogen (secondary N) is 1. The number of amides is 1. The molecule has 2 bridgehead atoms. The fourth-order valence-electron chi connectivity index (χ4n) is 4.26. The van der Waals surface area contributed by atoms with Gasteiger partial charge in [0.25, 0.3) is 0 Å². The average Bonchev–Trinajstić information content (AvgIpc) is 2.84. The number of hydrogen-bond acceptors (Lipinski definition) is 4. The molecule has 0 radical (unpaired) electrons. The first-order valence-electron chi connectivity index (χ1n) is 6.66. The summed E-state index contributed by atoms with van der Waals surface area (Å²) in [5.74, 6) is 1.95. The van der Waals surface area contributed by atoms with Crippen molar-refractivity contribution in [2.24, 2.45) is 29.6 Å². The van der Waals surface area contributed by atoms with Gasteiger partial charge in [0.2, 0.25) is 5.91 Å². The van der Waals surface area contributed by atoms with Gasteiger partial charge in [-0.2, -0.15) is 0 Å². The van der Waals surface area contributed by atoms with Crippen molar-refractivity contribution >= 4 is 11.9 Å². The Balaban J connectivity index is 1.59. The highest BCUT2D eigenvalue weighted by Crippen LogP contribution is 2.69. The van der Waals surface area contributed by atoms with Gasteiger partial charge in [0.1, 0.15) is 0 Å². The first kappa shape index (κ1) is 12.0. The lowest BCUT2D eigenvalue weighted by molar-refractivity contribution is -0.146. The van der Waals surface area contributed by atoms with E-state index in [2.05, 4.69) is 10.1 Å². The number of hydrogen-bond donors (Lipinski definition) is 2. The largest absolute Gasteiger partial charge is 0.467 e.